The third-order valence-corrected chi connectivity index (χ3v) is 3.20. The minimum atomic E-state index is -0.0429. The Morgan fingerprint density at radius 2 is 2.22 bits per heavy atom. The van der Waals surface area contributed by atoms with Crippen molar-refractivity contribution in [3.8, 4) is 0 Å². The van der Waals surface area contributed by atoms with E-state index in [0.717, 1.165) is 17.1 Å². The van der Waals surface area contributed by atoms with Gasteiger partial charge in [0.1, 0.15) is 6.33 Å². The normalized spacial score (nSPS) is 10.6. The fourth-order valence-electron chi connectivity index (χ4n) is 1.97. The van der Waals surface area contributed by atoms with Gasteiger partial charge >= 0.3 is 0 Å². The minimum absolute atomic E-state index is 0.0117. The molecule has 94 valence electrons. The zero-order valence-electron chi connectivity index (χ0n) is 10.4. The molecule has 0 spiro atoms. The third kappa shape index (κ3) is 2.43. The summed E-state index contributed by atoms with van der Waals surface area (Å²) in [5.74, 6) is -0.0312. The SMILES string of the molecule is Cc1cc(C(=O)CCl)c(C)n1Cc1ccncn1. The highest BCUT2D eigenvalue weighted by Crippen LogP contribution is 2.17. The monoisotopic (exact) mass is 263 g/mol. The Labute approximate surface area is 111 Å². The first-order valence-corrected chi connectivity index (χ1v) is 6.17. The van der Waals surface area contributed by atoms with Gasteiger partial charge < -0.3 is 4.57 Å². The van der Waals surface area contributed by atoms with Crippen LogP contribution >= 0.6 is 11.6 Å². The topological polar surface area (TPSA) is 47.8 Å². The molecule has 0 saturated carbocycles. The molecule has 0 fully saturated rings. The molecule has 0 atom stereocenters. The molecule has 0 N–H and O–H groups in total. The van der Waals surface area contributed by atoms with Gasteiger partial charge in [-0.2, -0.15) is 0 Å². The standard InChI is InChI=1S/C13H14ClN3O/c1-9-5-12(13(18)6-14)10(2)17(9)7-11-3-4-15-8-16-11/h3-5,8H,6-7H2,1-2H3. The van der Waals surface area contributed by atoms with Crippen molar-refractivity contribution in [2.45, 2.75) is 20.4 Å². The van der Waals surface area contributed by atoms with Crippen LogP contribution in [0.1, 0.15) is 27.4 Å². The first-order valence-electron chi connectivity index (χ1n) is 5.64. The molecule has 0 aliphatic rings. The molecule has 0 saturated heterocycles. The molecule has 2 aromatic heterocycles. The highest BCUT2D eigenvalue weighted by molar-refractivity contribution is 6.30. The van der Waals surface area contributed by atoms with Crippen molar-refractivity contribution in [3.63, 3.8) is 0 Å². The molecular formula is C13H14ClN3O. The Hall–Kier alpha value is -1.68. The second-order valence-electron chi connectivity index (χ2n) is 4.13. The quantitative estimate of drug-likeness (QED) is 0.628. The first-order chi connectivity index (χ1) is 8.63. The highest BCUT2D eigenvalue weighted by Gasteiger charge is 2.14. The summed E-state index contributed by atoms with van der Waals surface area (Å²) in [7, 11) is 0. The first kappa shape index (κ1) is 12.8. The lowest BCUT2D eigenvalue weighted by atomic mass is 10.2. The maximum Gasteiger partial charge on any atom is 0.179 e. The van der Waals surface area contributed by atoms with Gasteiger partial charge in [-0.25, -0.2) is 9.97 Å². The van der Waals surface area contributed by atoms with E-state index in [-0.39, 0.29) is 11.7 Å². The Bertz CT molecular complexity index is 563. The number of carbonyl (C=O) groups is 1. The minimum Gasteiger partial charge on any atom is -0.343 e. The molecule has 2 rings (SSSR count). The van der Waals surface area contributed by atoms with Crippen LogP contribution in [0.15, 0.2) is 24.7 Å². The Balaban J connectivity index is 2.34. The van der Waals surface area contributed by atoms with E-state index >= 15 is 0 Å². The fraction of sp³-hybridized carbons (Fsp3) is 0.308. The average molecular weight is 264 g/mol. The molecule has 0 aliphatic carbocycles. The smallest absolute Gasteiger partial charge is 0.179 e. The molecule has 2 aromatic rings. The van der Waals surface area contributed by atoms with Gasteiger partial charge in [-0.15, -0.1) is 11.6 Å². The van der Waals surface area contributed by atoms with Crippen LogP contribution in [0.25, 0.3) is 0 Å². The summed E-state index contributed by atoms with van der Waals surface area (Å²) in [6, 6.07) is 3.74. The summed E-state index contributed by atoms with van der Waals surface area (Å²) in [4.78, 5) is 19.8. The zero-order valence-corrected chi connectivity index (χ0v) is 11.1. The summed E-state index contributed by atoms with van der Waals surface area (Å²) >= 11 is 5.60. The summed E-state index contributed by atoms with van der Waals surface area (Å²) in [6.45, 7) is 4.53. The Morgan fingerprint density at radius 3 is 2.83 bits per heavy atom. The summed E-state index contributed by atoms with van der Waals surface area (Å²) < 4.78 is 2.06. The van der Waals surface area contributed by atoms with Gasteiger partial charge in [0.2, 0.25) is 0 Å². The van der Waals surface area contributed by atoms with Crippen molar-refractivity contribution in [2.75, 3.05) is 5.88 Å². The number of alkyl halides is 1. The Morgan fingerprint density at radius 1 is 1.44 bits per heavy atom. The van der Waals surface area contributed by atoms with Crippen molar-refractivity contribution in [1.82, 2.24) is 14.5 Å². The molecule has 0 radical (unpaired) electrons. The lowest BCUT2D eigenvalue weighted by Crippen LogP contribution is -2.07. The van der Waals surface area contributed by atoms with E-state index in [4.69, 9.17) is 11.6 Å². The number of halogens is 1. The van der Waals surface area contributed by atoms with Crippen LogP contribution in [0.3, 0.4) is 0 Å². The van der Waals surface area contributed by atoms with Crippen LogP contribution in [0, 0.1) is 13.8 Å². The molecule has 5 heteroatoms. The second-order valence-corrected chi connectivity index (χ2v) is 4.40. The molecule has 0 aliphatic heterocycles. The number of ketones is 1. The maximum atomic E-state index is 11.7. The number of carbonyl (C=O) groups excluding carboxylic acids is 1. The lowest BCUT2D eigenvalue weighted by molar-refractivity contribution is 0.102. The van der Waals surface area contributed by atoms with Gasteiger partial charge in [0, 0.05) is 23.1 Å². The Kier molecular flexibility index (Phi) is 3.77. The number of aryl methyl sites for hydroxylation is 1. The fourth-order valence-corrected chi connectivity index (χ4v) is 2.12. The molecule has 18 heavy (non-hydrogen) atoms. The lowest BCUT2D eigenvalue weighted by Gasteiger charge is -2.08. The second kappa shape index (κ2) is 5.31. The van der Waals surface area contributed by atoms with E-state index in [1.54, 1.807) is 6.20 Å². The maximum absolute atomic E-state index is 11.7. The van der Waals surface area contributed by atoms with E-state index in [1.807, 2.05) is 26.0 Å². The summed E-state index contributed by atoms with van der Waals surface area (Å²) in [5.41, 5.74) is 3.56. The number of rotatable bonds is 4. The van der Waals surface area contributed by atoms with Crippen molar-refractivity contribution in [1.29, 1.82) is 0 Å². The van der Waals surface area contributed by atoms with Gasteiger partial charge in [0.25, 0.3) is 0 Å². The van der Waals surface area contributed by atoms with Crippen LogP contribution < -0.4 is 0 Å². The molecule has 0 amide bonds. The molecule has 0 unspecified atom stereocenters. The number of aromatic nitrogens is 3. The number of nitrogens with zero attached hydrogens (tertiary/aromatic N) is 3. The van der Waals surface area contributed by atoms with Gasteiger partial charge in [-0.1, -0.05) is 0 Å². The van der Waals surface area contributed by atoms with Gasteiger partial charge in [0.15, 0.2) is 5.78 Å². The van der Waals surface area contributed by atoms with E-state index in [2.05, 4.69) is 14.5 Å². The molecule has 0 bridgehead atoms. The van der Waals surface area contributed by atoms with Crippen LogP contribution in [-0.4, -0.2) is 26.2 Å². The molecular weight excluding hydrogens is 250 g/mol. The number of Topliss-reactive ketones (excluding diaryl/α,β-unsaturated/α-hetero) is 1. The number of hydrogen-bond acceptors (Lipinski definition) is 3. The van der Waals surface area contributed by atoms with Crippen LogP contribution in [0.5, 0.6) is 0 Å². The van der Waals surface area contributed by atoms with Crippen LogP contribution in [0.4, 0.5) is 0 Å². The highest BCUT2D eigenvalue weighted by atomic mass is 35.5. The van der Waals surface area contributed by atoms with Crippen molar-refractivity contribution in [3.05, 3.63) is 47.3 Å². The summed E-state index contributed by atoms with van der Waals surface area (Å²) in [6.07, 6.45) is 3.23. The van der Waals surface area contributed by atoms with Crippen molar-refractivity contribution in [2.24, 2.45) is 0 Å². The molecule has 0 aromatic carbocycles. The zero-order chi connectivity index (χ0) is 13.1. The third-order valence-electron chi connectivity index (χ3n) is 2.96. The predicted octanol–water partition coefficient (Wildman–Crippen LogP) is 2.36. The van der Waals surface area contributed by atoms with Gasteiger partial charge in [0.05, 0.1) is 18.1 Å². The molecule has 4 nitrogen and oxygen atoms in total. The van der Waals surface area contributed by atoms with Crippen LogP contribution in [0.2, 0.25) is 0 Å². The van der Waals surface area contributed by atoms with E-state index in [1.165, 1.54) is 6.33 Å². The van der Waals surface area contributed by atoms with Gasteiger partial charge in [-0.05, 0) is 26.0 Å². The van der Waals surface area contributed by atoms with E-state index in [0.29, 0.717) is 12.1 Å². The van der Waals surface area contributed by atoms with E-state index in [9.17, 15) is 4.79 Å². The summed E-state index contributed by atoms with van der Waals surface area (Å²) in [5, 5.41) is 0. The van der Waals surface area contributed by atoms with Crippen molar-refractivity contribution >= 4 is 17.4 Å². The van der Waals surface area contributed by atoms with Gasteiger partial charge in [-0.3, -0.25) is 4.79 Å². The average Bonchev–Trinajstić information content (AvgIpc) is 2.67. The number of hydrogen-bond donors (Lipinski definition) is 0. The molecule has 2 heterocycles. The van der Waals surface area contributed by atoms with Crippen molar-refractivity contribution < 1.29 is 4.79 Å². The largest absolute Gasteiger partial charge is 0.343 e. The van der Waals surface area contributed by atoms with Crippen LogP contribution in [-0.2, 0) is 6.54 Å². The predicted molar refractivity (Wildman–Crippen MR) is 70.1 cm³/mol. The van der Waals surface area contributed by atoms with E-state index < -0.39 is 0 Å².